The Labute approximate surface area is 247 Å². The van der Waals surface area contributed by atoms with Gasteiger partial charge in [-0.2, -0.15) is 0 Å². The van der Waals surface area contributed by atoms with Crippen LogP contribution >= 0.6 is 0 Å². The third-order valence-corrected chi connectivity index (χ3v) is 13.7. The van der Waals surface area contributed by atoms with E-state index in [2.05, 4.69) is 49.7 Å². The molecular weight excluding hydrogens is 512 g/mol. The lowest BCUT2D eigenvalue weighted by molar-refractivity contribution is -0.136. The third kappa shape index (κ3) is 4.54. The summed E-state index contributed by atoms with van der Waals surface area (Å²) in [5.41, 5.74) is 2.11. The van der Waals surface area contributed by atoms with Gasteiger partial charge in [-0.15, -0.1) is 0 Å². The molecule has 0 radical (unpaired) electrons. The summed E-state index contributed by atoms with van der Waals surface area (Å²) in [5.74, 6) is 4.11. The molecule has 7 rings (SSSR count). The number of nitrogens with zero attached hydrogens (tertiary/aromatic N) is 1. The van der Waals surface area contributed by atoms with Crippen LogP contribution in [0.5, 0.6) is 0 Å². The van der Waals surface area contributed by atoms with Crippen LogP contribution in [0.4, 0.5) is 0 Å². The Morgan fingerprint density at radius 1 is 1.07 bits per heavy atom. The van der Waals surface area contributed by atoms with Gasteiger partial charge in [-0.3, -0.25) is 14.9 Å². The van der Waals surface area contributed by atoms with Crippen LogP contribution in [0.25, 0.3) is 0 Å². The van der Waals surface area contributed by atoms with Gasteiger partial charge in [0, 0.05) is 44.7 Å². The number of piperidine rings is 1. The minimum Gasteiger partial charge on any atom is -0.357 e. The van der Waals surface area contributed by atoms with Crippen molar-refractivity contribution < 1.29 is 14.3 Å². The maximum atomic E-state index is 12.8. The highest BCUT2D eigenvalue weighted by atomic mass is 16.5. The van der Waals surface area contributed by atoms with Crippen LogP contribution in [0.1, 0.15) is 91.9 Å². The fourth-order valence-electron chi connectivity index (χ4n) is 11.4. The summed E-state index contributed by atoms with van der Waals surface area (Å²) < 4.78 is 7.06. The molecule has 7 aliphatic rings. The molecule has 228 valence electrons. The molecule has 0 bridgehead atoms. The lowest BCUT2D eigenvalue weighted by Crippen LogP contribution is -2.57. The lowest BCUT2D eigenvalue weighted by atomic mass is 9.46. The SMILES string of the molecule is C[C@@H]1CC[C@@]2(NC1)O[C@H]1C[C@H]3[C@@H]4CC=C5CC(NC(=O)CC(=O)N6CCNCC6)CC[C@]5(C)[C@H]4CC[C@]3(C)[C@H]1[C@@H]2C. The van der Waals surface area contributed by atoms with Crippen molar-refractivity contribution >= 4 is 11.8 Å². The average molecular weight is 567 g/mol. The minimum atomic E-state index is -0.101. The summed E-state index contributed by atoms with van der Waals surface area (Å²) in [6.45, 7) is 14.2. The highest BCUT2D eigenvalue weighted by Gasteiger charge is 2.68. The molecule has 3 N–H and O–H groups in total. The molecule has 3 saturated carbocycles. The van der Waals surface area contributed by atoms with Crippen LogP contribution in [-0.4, -0.2) is 67.3 Å². The monoisotopic (exact) mass is 566 g/mol. The van der Waals surface area contributed by atoms with Gasteiger partial charge in [0.2, 0.25) is 11.8 Å². The highest BCUT2D eigenvalue weighted by Crippen LogP contribution is 2.70. The zero-order valence-electron chi connectivity index (χ0n) is 26.0. The van der Waals surface area contributed by atoms with Gasteiger partial charge in [0.15, 0.2) is 0 Å². The van der Waals surface area contributed by atoms with Crippen LogP contribution in [0.15, 0.2) is 11.6 Å². The van der Waals surface area contributed by atoms with E-state index < -0.39 is 0 Å². The summed E-state index contributed by atoms with van der Waals surface area (Å²) in [6, 6.07) is 0.157. The number of nitrogens with one attached hydrogen (secondary N) is 3. The van der Waals surface area contributed by atoms with Crippen LogP contribution in [-0.2, 0) is 14.3 Å². The van der Waals surface area contributed by atoms with Crippen molar-refractivity contribution in [2.45, 2.75) is 110 Å². The summed E-state index contributed by atoms with van der Waals surface area (Å²) in [6.07, 6.45) is 13.6. The number of ether oxygens (including phenoxy) is 1. The molecule has 1 spiro atoms. The molecule has 6 fully saturated rings. The molecule has 3 saturated heterocycles. The molecule has 4 aliphatic carbocycles. The largest absolute Gasteiger partial charge is 0.357 e. The highest BCUT2D eigenvalue weighted by molar-refractivity contribution is 5.97. The van der Waals surface area contributed by atoms with E-state index in [1.54, 1.807) is 5.57 Å². The predicted molar refractivity (Wildman–Crippen MR) is 160 cm³/mol. The van der Waals surface area contributed by atoms with Gasteiger partial charge in [0.05, 0.1) is 6.10 Å². The predicted octanol–water partition coefficient (Wildman–Crippen LogP) is 4.23. The Morgan fingerprint density at radius 2 is 1.88 bits per heavy atom. The first-order valence-corrected chi connectivity index (χ1v) is 17.0. The van der Waals surface area contributed by atoms with Crippen LogP contribution in [0, 0.1) is 46.3 Å². The fraction of sp³-hybridized carbons (Fsp3) is 0.882. The Hall–Kier alpha value is -1.44. The first-order valence-electron chi connectivity index (χ1n) is 17.0. The van der Waals surface area contributed by atoms with Crippen LogP contribution in [0.2, 0.25) is 0 Å². The second-order valence-electron chi connectivity index (χ2n) is 15.7. The lowest BCUT2D eigenvalue weighted by Gasteiger charge is -2.58. The molecule has 0 aromatic rings. The maximum Gasteiger partial charge on any atom is 0.232 e. The molecule has 7 heteroatoms. The number of hydrogen-bond acceptors (Lipinski definition) is 5. The number of amides is 2. The number of piperazine rings is 1. The second kappa shape index (κ2) is 10.3. The molecule has 1 unspecified atom stereocenters. The van der Waals surface area contributed by atoms with Crippen molar-refractivity contribution in [2.75, 3.05) is 32.7 Å². The topological polar surface area (TPSA) is 82.7 Å². The van der Waals surface area contributed by atoms with Gasteiger partial charge in [-0.25, -0.2) is 0 Å². The van der Waals surface area contributed by atoms with Gasteiger partial charge < -0.3 is 20.3 Å². The summed E-state index contributed by atoms with van der Waals surface area (Å²) in [4.78, 5) is 27.3. The number of carbonyl (C=O) groups is 2. The number of hydrogen-bond donors (Lipinski definition) is 3. The van der Waals surface area contributed by atoms with E-state index in [-0.39, 0.29) is 35.4 Å². The van der Waals surface area contributed by atoms with E-state index in [0.717, 1.165) is 62.6 Å². The molecule has 0 aromatic heterocycles. The van der Waals surface area contributed by atoms with E-state index in [0.29, 0.717) is 36.4 Å². The van der Waals surface area contributed by atoms with Gasteiger partial charge >= 0.3 is 0 Å². The zero-order valence-corrected chi connectivity index (χ0v) is 26.0. The van der Waals surface area contributed by atoms with Crippen molar-refractivity contribution in [1.29, 1.82) is 0 Å². The van der Waals surface area contributed by atoms with Crippen molar-refractivity contribution in [3.63, 3.8) is 0 Å². The van der Waals surface area contributed by atoms with Crippen molar-refractivity contribution in [3.05, 3.63) is 11.6 Å². The van der Waals surface area contributed by atoms with Crippen molar-refractivity contribution in [2.24, 2.45) is 46.3 Å². The van der Waals surface area contributed by atoms with Gasteiger partial charge in [0.25, 0.3) is 0 Å². The average Bonchev–Trinajstić information content (AvgIpc) is 3.40. The summed E-state index contributed by atoms with van der Waals surface area (Å²) in [5, 5.41) is 10.4. The first-order chi connectivity index (χ1) is 19.6. The molecule has 3 heterocycles. The fourth-order valence-corrected chi connectivity index (χ4v) is 11.4. The Balaban J connectivity index is 1.01. The standard InChI is InChI=1S/C34H54N4O3/c1-21-7-12-34(36-20-21)22(2)31-28(41-34)18-27-25-6-5-23-17-24(8-10-32(23,3)26(25)9-11-33(27,31)4)37-29(39)19-30(40)38-15-13-35-14-16-38/h5,21-22,24-28,31,35-36H,6-20H2,1-4H3,(H,37,39)/t21-,22+,24?,25-,26+,27+,28+,31+,32+,33+,34-/m1/s1. The van der Waals surface area contributed by atoms with E-state index in [1.807, 2.05) is 4.90 Å². The van der Waals surface area contributed by atoms with E-state index in [1.165, 1.54) is 38.5 Å². The molecule has 2 amide bonds. The Kier molecular flexibility index (Phi) is 7.14. The van der Waals surface area contributed by atoms with Crippen LogP contribution in [0.3, 0.4) is 0 Å². The quantitative estimate of drug-likeness (QED) is 0.352. The molecule has 7 nitrogen and oxygen atoms in total. The number of fused-ring (bicyclic) bond motifs is 7. The third-order valence-electron chi connectivity index (χ3n) is 13.7. The van der Waals surface area contributed by atoms with Gasteiger partial charge in [-0.05, 0) is 98.2 Å². The zero-order chi connectivity index (χ0) is 28.6. The molecule has 41 heavy (non-hydrogen) atoms. The number of carbonyl (C=O) groups excluding carboxylic acids is 2. The maximum absolute atomic E-state index is 12.8. The van der Waals surface area contributed by atoms with Crippen LogP contribution < -0.4 is 16.0 Å². The second-order valence-corrected chi connectivity index (χ2v) is 15.7. The molecule has 3 aliphatic heterocycles. The minimum absolute atomic E-state index is 0.0174. The smallest absolute Gasteiger partial charge is 0.232 e. The summed E-state index contributed by atoms with van der Waals surface area (Å²) in [7, 11) is 0. The van der Waals surface area contributed by atoms with Crippen molar-refractivity contribution in [1.82, 2.24) is 20.9 Å². The van der Waals surface area contributed by atoms with Gasteiger partial charge in [-0.1, -0.05) is 39.3 Å². The normalized spacial score (nSPS) is 49.0. The van der Waals surface area contributed by atoms with E-state index in [4.69, 9.17) is 4.74 Å². The molecular formula is C34H54N4O3. The van der Waals surface area contributed by atoms with E-state index >= 15 is 0 Å². The summed E-state index contributed by atoms with van der Waals surface area (Å²) >= 11 is 0. The van der Waals surface area contributed by atoms with Crippen molar-refractivity contribution in [3.8, 4) is 0 Å². The Morgan fingerprint density at radius 3 is 2.63 bits per heavy atom. The number of rotatable bonds is 3. The van der Waals surface area contributed by atoms with E-state index in [9.17, 15) is 9.59 Å². The first kappa shape index (κ1) is 28.3. The molecule has 0 aromatic carbocycles. The Bertz CT molecular complexity index is 1080. The van der Waals surface area contributed by atoms with Gasteiger partial charge in [0.1, 0.15) is 12.1 Å². The molecule has 11 atom stereocenters. The number of allylic oxidation sites excluding steroid dienone is 1.